The smallest absolute Gasteiger partial charge is 0.0807 e. The second kappa shape index (κ2) is 4.86. The van der Waals surface area contributed by atoms with E-state index < -0.39 is 0 Å². The van der Waals surface area contributed by atoms with Crippen molar-refractivity contribution in [1.82, 2.24) is 4.57 Å². The van der Waals surface area contributed by atoms with Crippen LogP contribution in [0, 0.1) is 6.92 Å². The van der Waals surface area contributed by atoms with Crippen LogP contribution in [0.15, 0.2) is 24.3 Å². The molecule has 0 bridgehead atoms. The van der Waals surface area contributed by atoms with Crippen molar-refractivity contribution in [2.75, 3.05) is 0 Å². The number of aliphatic hydroxyl groups excluding tert-OH is 1. The highest BCUT2D eigenvalue weighted by Crippen LogP contribution is 2.35. The first-order chi connectivity index (χ1) is 9.08. The van der Waals surface area contributed by atoms with E-state index >= 15 is 0 Å². The molecule has 0 amide bonds. The Labute approximate surface area is 122 Å². The van der Waals surface area contributed by atoms with Crippen molar-refractivity contribution in [3.8, 4) is 5.69 Å². The van der Waals surface area contributed by atoms with Crippen LogP contribution < -0.4 is 0 Å². The molecule has 0 aliphatic heterocycles. The lowest BCUT2D eigenvalue weighted by molar-refractivity contribution is 0.156. The minimum absolute atomic E-state index is 0.341. The number of hydrogen-bond acceptors (Lipinski definition) is 1. The normalized spacial score (nSPS) is 18.4. The maximum absolute atomic E-state index is 10.1. The fourth-order valence-corrected chi connectivity index (χ4v) is 3.15. The summed E-state index contributed by atoms with van der Waals surface area (Å²) in [5.74, 6) is 0. The number of halogens is 2. The molecule has 1 heterocycles. The minimum atomic E-state index is -0.341. The van der Waals surface area contributed by atoms with Crippen LogP contribution in [0.4, 0.5) is 0 Å². The second-order valence-corrected chi connectivity index (χ2v) is 5.84. The fraction of sp³-hybridized carbons (Fsp3) is 0.333. The average Bonchev–Trinajstić information content (AvgIpc) is 2.71. The van der Waals surface area contributed by atoms with Crippen LogP contribution in [-0.2, 0) is 6.42 Å². The van der Waals surface area contributed by atoms with Crippen molar-refractivity contribution in [2.45, 2.75) is 32.3 Å². The summed E-state index contributed by atoms with van der Waals surface area (Å²) in [5.41, 5.74) is 4.36. The first-order valence-corrected chi connectivity index (χ1v) is 7.18. The summed E-state index contributed by atoms with van der Waals surface area (Å²) in [7, 11) is 0. The number of benzene rings is 1. The molecule has 0 spiro atoms. The van der Waals surface area contributed by atoms with Gasteiger partial charge in [-0.2, -0.15) is 0 Å². The van der Waals surface area contributed by atoms with Crippen molar-refractivity contribution in [3.63, 3.8) is 0 Å². The molecule has 1 aliphatic rings. The third kappa shape index (κ3) is 2.18. The number of nitrogens with zero attached hydrogens (tertiary/aromatic N) is 1. The molecule has 1 aromatic carbocycles. The van der Waals surface area contributed by atoms with Gasteiger partial charge in [0.25, 0.3) is 0 Å². The van der Waals surface area contributed by atoms with Crippen LogP contribution in [0.25, 0.3) is 5.69 Å². The van der Waals surface area contributed by atoms with Crippen LogP contribution in [0.3, 0.4) is 0 Å². The lowest BCUT2D eigenvalue weighted by Gasteiger charge is -2.20. The molecule has 0 fully saturated rings. The van der Waals surface area contributed by atoms with Crippen molar-refractivity contribution >= 4 is 23.2 Å². The van der Waals surface area contributed by atoms with E-state index in [0.717, 1.165) is 36.2 Å². The van der Waals surface area contributed by atoms with Crippen LogP contribution in [0.2, 0.25) is 10.0 Å². The van der Waals surface area contributed by atoms with Crippen molar-refractivity contribution < 1.29 is 5.11 Å². The number of aryl methyl sites for hydroxylation is 1. The molecular formula is C15H15Cl2NO. The third-order valence-corrected chi connectivity index (χ3v) is 4.47. The van der Waals surface area contributed by atoms with Gasteiger partial charge in [-0.3, -0.25) is 0 Å². The van der Waals surface area contributed by atoms with E-state index in [4.69, 9.17) is 23.2 Å². The molecule has 4 heteroatoms. The van der Waals surface area contributed by atoms with Gasteiger partial charge in [0.15, 0.2) is 0 Å². The number of rotatable bonds is 1. The Hall–Kier alpha value is -0.960. The number of aliphatic hydroxyl groups is 1. The number of fused-ring (bicyclic) bond motifs is 1. The van der Waals surface area contributed by atoms with E-state index in [9.17, 15) is 5.11 Å². The van der Waals surface area contributed by atoms with Crippen molar-refractivity contribution in [1.29, 1.82) is 0 Å². The van der Waals surface area contributed by atoms with Gasteiger partial charge in [-0.1, -0.05) is 23.2 Å². The summed E-state index contributed by atoms with van der Waals surface area (Å²) in [6.07, 6.45) is 2.50. The van der Waals surface area contributed by atoms with Gasteiger partial charge in [0, 0.05) is 22.6 Å². The lowest BCUT2D eigenvalue weighted by Crippen LogP contribution is -2.11. The van der Waals surface area contributed by atoms with Gasteiger partial charge >= 0.3 is 0 Å². The van der Waals surface area contributed by atoms with Gasteiger partial charge in [0.1, 0.15) is 0 Å². The molecule has 1 aromatic heterocycles. The predicted octanol–water partition coefficient (Wildman–Crippen LogP) is 4.46. The SMILES string of the molecule is Cc1cc2c(n1-c1ccc(Cl)c(Cl)c1)CCCC2O. The average molecular weight is 296 g/mol. The second-order valence-electron chi connectivity index (χ2n) is 5.03. The minimum Gasteiger partial charge on any atom is -0.388 e. The van der Waals surface area contributed by atoms with Gasteiger partial charge in [-0.15, -0.1) is 0 Å². The van der Waals surface area contributed by atoms with E-state index in [0.29, 0.717) is 10.0 Å². The molecule has 1 N–H and O–H groups in total. The zero-order chi connectivity index (χ0) is 13.6. The predicted molar refractivity (Wildman–Crippen MR) is 78.4 cm³/mol. The van der Waals surface area contributed by atoms with Crippen LogP contribution in [-0.4, -0.2) is 9.67 Å². The molecular weight excluding hydrogens is 281 g/mol. The summed E-state index contributed by atoms with van der Waals surface area (Å²) < 4.78 is 2.17. The molecule has 1 aliphatic carbocycles. The Kier molecular flexibility index (Phi) is 3.34. The highest BCUT2D eigenvalue weighted by atomic mass is 35.5. The molecule has 100 valence electrons. The fourth-order valence-electron chi connectivity index (χ4n) is 2.86. The summed E-state index contributed by atoms with van der Waals surface area (Å²) in [6, 6.07) is 7.71. The molecule has 0 radical (unpaired) electrons. The Morgan fingerprint density at radius 1 is 1.21 bits per heavy atom. The molecule has 3 rings (SSSR count). The first kappa shape index (κ1) is 13.0. The quantitative estimate of drug-likeness (QED) is 0.825. The molecule has 1 unspecified atom stereocenters. The number of hydrogen-bond donors (Lipinski definition) is 1. The lowest BCUT2D eigenvalue weighted by atomic mass is 9.95. The summed E-state index contributed by atoms with van der Waals surface area (Å²) in [6.45, 7) is 2.05. The Morgan fingerprint density at radius 3 is 2.74 bits per heavy atom. The molecule has 0 saturated heterocycles. The highest BCUT2D eigenvalue weighted by molar-refractivity contribution is 6.42. The molecule has 2 nitrogen and oxygen atoms in total. The highest BCUT2D eigenvalue weighted by Gasteiger charge is 2.23. The standard InChI is InChI=1S/C15H15Cl2NO/c1-9-7-11-14(3-2-4-15(11)19)18(9)10-5-6-12(16)13(17)8-10/h5-8,15,19H,2-4H2,1H3. The molecule has 0 saturated carbocycles. The van der Waals surface area contributed by atoms with Gasteiger partial charge < -0.3 is 9.67 Å². The first-order valence-electron chi connectivity index (χ1n) is 6.42. The van der Waals surface area contributed by atoms with E-state index in [2.05, 4.69) is 10.6 Å². The monoisotopic (exact) mass is 295 g/mol. The topological polar surface area (TPSA) is 25.2 Å². The van der Waals surface area contributed by atoms with E-state index in [1.54, 1.807) is 0 Å². The molecule has 2 aromatic rings. The maximum atomic E-state index is 10.1. The van der Waals surface area contributed by atoms with Crippen molar-refractivity contribution in [2.24, 2.45) is 0 Å². The van der Waals surface area contributed by atoms with Gasteiger partial charge in [0.05, 0.1) is 16.1 Å². The maximum Gasteiger partial charge on any atom is 0.0807 e. The summed E-state index contributed by atoms with van der Waals surface area (Å²) in [4.78, 5) is 0. The zero-order valence-electron chi connectivity index (χ0n) is 10.7. The Morgan fingerprint density at radius 2 is 2.00 bits per heavy atom. The zero-order valence-corrected chi connectivity index (χ0v) is 12.2. The van der Waals surface area contributed by atoms with E-state index in [1.807, 2.05) is 25.1 Å². The van der Waals surface area contributed by atoms with Gasteiger partial charge in [-0.25, -0.2) is 0 Å². The summed E-state index contributed by atoms with van der Waals surface area (Å²) >= 11 is 12.1. The number of aromatic nitrogens is 1. The Balaban J connectivity index is 2.17. The third-order valence-electron chi connectivity index (χ3n) is 3.73. The van der Waals surface area contributed by atoms with Gasteiger partial charge in [0.2, 0.25) is 0 Å². The van der Waals surface area contributed by atoms with E-state index in [1.165, 1.54) is 5.69 Å². The van der Waals surface area contributed by atoms with Crippen LogP contribution in [0.1, 0.15) is 35.9 Å². The summed E-state index contributed by atoms with van der Waals surface area (Å²) in [5, 5.41) is 11.2. The van der Waals surface area contributed by atoms with Crippen LogP contribution >= 0.6 is 23.2 Å². The van der Waals surface area contributed by atoms with Crippen molar-refractivity contribution in [3.05, 3.63) is 51.3 Å². The Bertz CT molecular complexity index is 633. The molecule has 19 heavy (non-hydrogen) atoms. The molecule has 1 atom stereocenters. The van der Waals surface area contributed by atoms with Crippen LogP contribution in [0.5, 0.6) is 0 Å². The van der Waals surface area contributed by atoms with E-state index in [-0.39, 0.29) is 6.10 Å². The van der Waals surface area contributed by atoms with Gasteiger partial charge in [-0.05, 0) is 50.5 Å². The largest absolute Gasteiger partial charge is 0.388 e.